The molecule has 0 aliphatic heterocycles. The predicted molar refractivity (Wildman–Crippen MR) is 140 cm³/mol. The van der Waals surface area contributed by atoms with Crippen molar-refractivity contribution >= 4 is 40.8 Å². The minimum atomic E-state index is -0.354. The molecule has 0 fully saturated rings. The van der Waals surface area contributed by atoms with Crippen LogP contribution in [-0.2, 0) is 10.2 Å². The maximum atomic E-state index is 13.2. The van der Waals surface area contributed by atoms with Gasteiger partial charge in [0.1, 0.15) is 18.1 Å². The lowest BCUT2D eigenvalue weighted by molar-refractivity contribution is -0.117. The molecule has 0 saturated carbocycles. The van der Waals surface area contributed by atoms with Gasteiger partial charge < -0.3 is 15.0 Å². The van der Waals surface area contributed by atoms with Crippen LogP contribution in [0.1, 0.15) is 50.7 Å². The lowest BCUT2D eigenvalue weighted by atomic mass is 9.92. The molecular weight excluding hydrogens is 487 g/mol. The molecule has 0 bridgehead atoms. The zero-order valence-electron chi connectivity index (χ0n) is 20.7. The molecule has 35 heavy (non-hydrogen) atoms. The summed E-state index contributed by atoms with van der Waals surface area (Å²) in [6.07, 6.45) is 0. The molecule has 9 heteroatoms. The summed E-state index contributed by atoms with van der Waals surface area (Å²) >= 11 is 12.2. The van der Waals surface area contributed by atoms with Crippen LogP contribution in [0, 0.1) is 0 Å². The molecule has 1 heterocycles. The van der Waals surface area contributed by atoms with Crippen LogP contribution in [-0.4, -0.2) is 46.2 Å². The number of amides is 2. The summed E-state index contributed by atoms with van der Waals surface area (Å²) in [6, 6.07) is 13.7. The van der Waals surface area contributed by atoms with Gasteiger partial charge in [-0.2, -0.15) is 5.10 Å². The normalized spacial score (nSPS) is 11.5. The lowest BCUT2D eigenvalue weighted by Crippen LogP contribution is -2.42. The first-order valence-corrected chi connectivity index (χ1v) is 12.0. The third-order valence-electron chi connectivity index (χ3n) is 5.42. The number of hydrogen-bond acceptors (Lipinski definition) is 4. The number of methoxy groups -OCH3 is 1. The SMILES string of the molecule is COc1ccc(-n2nc(C(C)(C)C)cc2NC(=O)CN(C(=O)c2ccc(Cl)cc2Cl)C(C)C)cc1. The van der Waals surface area contributed by atoms with E-state index in [1.807, 2.05) is 65.0 Å². The van der Waals surface area contributed by atoms with Gasteiger partial charge in [0.05, 0.1) is 29.1 Å². The van der Waals surface area contributed by atoms with Crippen LogP contribution in [0.2, 0.25) is 10.0 Å². The Morgan fingerprint density at radius 3 is 2.29 bits per heavy atom. The summed E-state index contributed by atoms with van der Waals surface area (Å²) in [6.45, 7) is 9.67. The molecule has 186 valence electrons. The third kappa shape index (κ3) is 6.35. The highest BCUT2D eigenvalue weighted by Gasteiger charge is 2.26. The standard InChI is InChI=1S/C26H30Cl2N4O3/c1-16(2)31(25(34)20-12-7-17(27)13-21(20)28)15-24(33)29-23-14-22(26(3,4)5)30-32(23)18-8-10-19(35-6)11-9-18/h7-14,16H,15H2,1-6H3,(H,29,33). The molecule has 2 aromatic carbocycles. The molecule has 0 radical (unpaired) electrons. The third-order valence-corrected chi connectivity index (χ3v) is 5.97. The topological polar surface area (TPSA) is 76.5 Å². The number of hydrogen-bond donors (Lipinski definition) is 1. The van der Waals surface area contributed by atoms with Crippen molar-refractivity contribution in [2.24, 2.45) is 0 Å². The van der Waals surface area contributed by atoms with Gasteiger partial charge in [-0.05, 0) is 56.3 Å². The maximum absolute atomic E-state index is 13.2. The fraction of sp³-hybridized carbons (Fsp3) is 0.346. The van der Waals surface area contributed by atoms with E-state index in [9.17, 15) is 9.59 Å². The van der Waals surface area contributed by atoms with E-state index < -0.39 is 0 Å². The number of ether oxygens (including phenoxy) is 1. The van der Waals surface area contributed by atoms with E-state index in [-0.39, 0.29) is 40.4 Å². The number of anilines is 1. The Labute approximate surface area is 216 Å². The number of carbonyl (C=O) groups is 2. The highest BCUT2D eigenvalue weighted by molar-refractivity contribution is 6.36. The minimum Gasteiger partial charge on any atom is -0.497 e. The number of carbonyl (C=O) groups excluding carboxylic acids is 2. The average molecular weight is 517 g/mol. The van der Waals surface area contributed by atoms with Crippen molar-refractivity contribution in [3.63, 3.8) is 0 Å². The van der Waals surface area contributed by atoms with Gasteiger partial charge in [0.25, 0.3) is 5.91 Å². The Morgan fingerprint density at radius 1 is 1.09 bits per heavy atom. The highest BCUT2D eigenvalue weighted by Crippen LogP contribution is 2.27. The molecule has 3 aromatic rings. The zero-order chi connectivity index (χ0) is 25.9. The molecule has 2 amide bonds. The fourth-order valence-corrected chi connectivity index (χ4v) is 3.89. The van der Waals surface area contributed by atoms with Crippen LogP contribution in [0.3, 0.4) is 0 Å². The van der Waals surface area contributed by atoms with Crippen LogP contribution in [0.5, 0.6) is 5.75 Å². The summed E-state index contributed by atoms with van der Waals surface area (Å²) in [4.78, 5) is 27.8. The molecule has 7 nitrogen and oxygen atoms in total. The van der Waals surface area contributed by atoms with Crippen molar-refractivity contribution in [3.8, 4) is 11.4 Å². The number of nitrogens with one attached hydrogen (secondary N) is 1. The number of halogens is 2. The van der Waals surface area contributed by atoms with Gasteiger partial charge in [-0.15, -0.1) is 0 Å². The van der Waals surface area contributed by atoms with Gasteiger partial charge in [0.2, 0.25) is 5.91 Å². The van der Waals surface area contributed by atoms with E-state index in [1.54, 1.807) is 23.9 Å². The first-order chi connectivity index (χ1) is 16.4. The number of nitrogens with zero attached hydrogens (tertiary/aromatic N) is 3. The first kappa shape index (κ1) is 26.6. The van der Waals surface area contributed by atoms with Crippen LogP contribution in [0.15, 0.2) is 48.5 Å². The Morgan fingerprint density at radius 2 is 1.74 bits per heavy atom. The van der Waals surface area contributed by atoms with Gasteiger partial charge in [-0.25, -0.2) is 4.68 Å². The van der Waals surface area contributed by atoms with E-state index in [1.165, 1.54) is 11.0 Å². The van der Waals surface area contributed by atoms with E-state index in [2.05, 4.69) is 5.32 Å². The molecule has 0 aliphatic rings. The van der Waals surface area contributed by atoms with Gasteiger partial charge in [0.15, 0.2) is 0 Å². The Balaban J connectivity index is 1.88. The molecule has 3 rings (SSSR count). The monoisotopic (exact) mass is 516 g/mol. The quantitative estimate of drug-likeness (QED) is 0.419. The van der Waals surface area contributed by atoms with Gasteiger partial charge in [-0.1, -0.05) is 44.0 Å². The number of rotatable bonds is 7. The van der Waals surface area contributed by atoms with Gasteiger partial charge in [0, 0.05) is 22.5 Å². The van der Waals surface area contributed by atoms with Crippen LogP contribution in [0.4, 0.5) is 5.82 Å². The van der Waals surface area contributed by atoms with Crippen molar-refractivity contribution in [2.75, 3.05) is 19.0 Å². The minimum absolute atomic E-state index is 0.159. The highest BCUT2D eigenvalue weighted by atomic mass is 35.5. The zero-order valence-corrected chi connectivity index (χ0v) is 22.2. The largest absolute Gasteiger partial charge is 0.497 e. The van der Waals surface area contributed by atoms with Crippen molar-refractivity contribution in [1.29, 1.82) is 0 Å². The van der Waals surface area contributed by atoms with Gasteiger partial charge in [-0.3, -0.25) is 9.59 Å². The summed E-state index contributed by atoms with van der Waals surface area (Å²) < 4.78 is 6.92. The van der Waals surface area contributed by atoms with Crippen molar-refractivity contribution in [2.45, 2.75) is 46.1 Å². The second-order valence-electron chi connectivity index (χ2n) is 9.47. The molecule has 0 unspecified atom stereocenters. The molecule has 1 aromatic heterocycles. The van der Waals surface area contributed by atoms with Crippen molar-refractivity contribution < 1.29 is 14.3 Å². The smallest absolute Gasteiger partial charge is 0.256 e. The fourth-order valence-electron chi connectivity index (χ4n) is 3.40. The first-order valence-electron chi connectivity index (χ1n) is 11.2. The second kappa shape index (κ2) is 10.7. The van der Waals surface area contributed by atoms with Gasteiger partial charge >= 0.3 is 0 Å². The van der Waals surface area contributed by atoms with Crippen LogP contribution in [0.25, 0.3) is 5.69 Å². The maximum Gasteiger partial charge on any atom is 0.256 e. The lowest BCUT2D eigenvalue weighted by Gasteiger charge is -2.26. The molecule has 0 spiro atoms. The summed E-state index contributed by atoms with van der Waals surface area (Å²) in [7, 11) is 1.60. The average Bonchev–Trinajstić information content (AvgIpc) is 3.21. The van der Waals surface area contributed by atoms with Crippen molar-refractivity contribution in [3.05, 3.63) is 69.8 Å². The molecule has 0 saturated heterocycles. The molecular formula is C26H30Cl2N4O3. The van der Waals surface area contributed by atoms with Crippen LogP contribution < -0.4 is 10.1 Å². The molecule has 1 N–H and O–H groups in total. The number of benzene rings is 2. The van der Waals surface area contributed by atoms with E-state index >= 15 is 0 Å². The second-order valence-corrected chi connectivity index (χ2v) is 10.3. The van der Waals surface area contributed by atoms with E-state index in [4.69, 9.17) is 33.0 Å². The predicted octanol–water partition coefficient (Wildman–Crippen LogP) is 5.97. The Kier molecular flexibility index (Phi) is 8.13. The molecule has 0 atom stereocenters. The summed E-state index contributed by atoms with van der Waals surface area (Å²) in [5.74, 6) is 0.517. The molecule has 0 aliphatic carbocycles. The summed E-state index contributed by atoms with van der Waals surface area (Å²) in [5.41, 5.74) is 1.63. The van der Waals surface area contributed by atoms with E-state index in [0.717, 1.165) is 17.1 Å². The summed E-state index contributed by atoms with van der Waals surface area (Å²) in [5, 5.41) is 8.32. The van der Waals surface area contributed by atoms with Crippen molar-refractivity contribution in [1.82, 2.24) is 14.7 Å². The Hall–Kier alpha value is -3.03. The van der Waals surface area contributed by atoms with Crippen LogP contribution >= 0.6 is 23.2 Å². The van der Waals surface area contributed by atoms with E-state index in [0.29, 0.717) is 10.8 Å². The number of aromatic nitrogens is 2. The Bertz CT molecular complexity index is 1210.